The van der Waals surface area contributed by atoms with Crippen LogP contribution in [0.15, 0.2) is 0 Å². The Hall–Kier alpha value is -2.20. The van der Waals surface area contributed by atoms with E-state index in [1.165, 1.54) is 0 Å². The Morgan fingerprint density at radius 1 is 0.588 bits per heavy atom. The highest BCUT2D eigenvalue weighted by molar-refractivity contribution is 7.80. The van der Waals surface area contributed by atoms with Crippen molar-refractivity contribution < 1.29 is 91.0 Å². The lowest BCUT2D eigenvalue weighted by atomic mass is 9.85. The average Bonchev–Trinajstić information content (AvgIpc) is 3.04. The summed E-state index contributed by atoms with van der Waals surface area (Å²) >= 11 is 0. The van der Waals surface area contributed by atoms with Crippen LogP contribution in [0.3, 0.4) is 0 Å². The van der Waals surface area contributed by atoms with E-state index >= 15 is 0 Å². The van der Waals surface area contributed by atoms with Crippen LogP contribution in [0.4, 0.5) is 0 Å². The van der Waals surface area contributed by atoms with Gasteiger partial charge in [-0.2, -0.15) is 8.42 Å². The van der Waals surface area contributed by atoms with Crippen LogP contribution in [-0.2, 0) is 52.7 Å². The van der Waals surface area contributed by atoms with Gasteiger partial charge in [-0.1, -0.05) is 0 Å². The predicted octanol–water partition coefficient (Wildman–Crippen LogP) is -6.73. The highest BCUT2D eigenvalue weighted by atomic mass is 32.3. The summed E-state index contributed by atoms with van der Waals surface area (Å²) in [6.07, 6.45) is -14.1. The molecule has 3 aliphatic heterocycles. The van der Waals surface area contributed by atoms with Crippen LogP contribution in [-0.4, -0.2) is 192 Å². The highest BCUT2D eigenvalue weighted by Crippen LogP contribution is 2.32. The monoisotopic (exact) mass is 763 g/mol. The summed E-state index contributed by atoms with van der Waals surface area (Å²) in [5.74, 6) is -4.13. The van der Waals surface area contributed by atoms with Crippen LogP contribution >= 0.6 is 0 Å². The Kier molecular flexibility index (Phi) is 16.3. The first-order valence-corrected chi connectivity index (χ1v) is 17.4. The smallest absolute Gasteiger partial charge is 0.394 e. The first kappa shape index (κ1) is 43.2. The van der Waals surface area contributed by atoms with Crippen molar-refractivity contribution in [1.29, 1.82) is 0 Å². The third-order valence-corrected chi connectivity index (χ3v) is 9.29. The first-order valence-electron chi connectivity index (χ1n) is 16.1. The van der Waals surface area contributed by atoms with E-state index in [-0.39, 0.29) is 6.61 Å². The number of hydrogen-bond donors (Lipinski definition) is 11. The van der Waals surface area contributed by atoms with Crippen molar-refractivity contribution in [2.75, 3.05) is 46.2 Å². The lowest BCUT2D eigenvalue weighted by molar-refractivity contribution is -0.248. The van der Waals surface area contributed by atoms with E-state index in [4.69, 9.17) is 27.9 Å². The fourth-order valence-electron chi connectivity index (χ4n) is 6.49. The molecule has 0 aliphatic carbocycles. The fourth-order valence-corrected chi connectivity index (χ4v) is 7.03. The molecule has 3 amide bonds. The molecule has 15 atom stereocenters. The maximum absolute atomic E-state index is 12.3. The number of carbonyl (C=O) groups is 3. The van der Waals surface area contributed by atoms with E-state index in [0.717, 1.165) is 20.8 Å². The number of amides is 3. The van der Waals surface area contributed by atoms with Gasteiger partial charge in [0.15, 0.2) is 6.29 Å². The van der Waals surface area contributed by atoms with Crippen LogP contribution in [0.2, 0.25) is 0 Å². The third-order valence-electron chi connectivity index (χ3n) is 8.83. The molecule has 0 aromatic rings. The fraction of sp³-hybridized carbons (Fsp3) is 0.893. The molecule has 0 bridgehead atoms. The lowest BCUT2D eigenvalue weighted by Crippen LogP contribution is -2.66. The number of rotatable bonds is 16. The summed E-state index contributed by atoms with van der Waals surface area (Å²) in [6.45, 7) is -0.484. The Balaban J connectivity index is 1.81. The third kappa shape index (κ3) is 11.6. The second-order valence-corrected chi connectivity index (χ2v) is 13.6. The minimum atomic E-state index is -5.23. The molecular weight excluding hydrogens is 714 g/mol. The van der Waals surface area contributed by atoms with Gasteiger partial charge in [-0.15, -0.1) is 0 Å². The second-order valence-electron chi connectivity index (χ2n) is 12.6. The van der Waals surface area contributed by atoms with E-state index in [0.29, 0.717) is 0 Å². The molecule has 51 heavy (non-hydrogen) atoms. The molecule has 3 saturated heterocycles. The van der Waals surface area contributed by atoms with Gasteiger partial charge in [0.2, 0.25) is 17.7 Å². The van der Waals surface area contributed by atoms with Crippen molar-refractivity contribution in [2.45, 2.75) is 100 Å². The van der Waals surface area contributed by atoms with Crippen LogP contribution in [0.5, 0.6) is 0 Å². The van der Waals surface area contributed by atoms with E-state index in [1.54, 1.807) is 0 Å². The predicted molar refractivity (Wildman–Crippen MR) is 165 cm³/mol. The largest absolute Gasteiger partial charge is 0.397 e. The molecular formula is C28H49N3O19S. The number of hydrogen-bond acceptors (Lipinski definition) is 18. The molecule has 0 radical (unpaired) electrons. The summed E-state index contributed by atoms with van der Waals surface area (Å²) in [5, 5.41) is 78.8. The van der Waals surface area contributed by atoms with Crippen molar-refractivity contribution in [1.82, 2.24) is 16.0 Å². The highest BCUT2D eigenvalue weighted by Gasteiger charge is 2.51. The maximum Gasteiger partial charge on any atom is 0.397 e. The molecule has 22 nitrogen and oxygen atoms in total. The van der Waals surface area contributed by atoms with Crippen molar-refractivity contribution in [2.24, 2.45) is 11.8 Å². The molecule has 0 aromatic carbocycles. The molecule has 3 rings (SSSR count). The molecule has 3 heterocycles. The molecule has 6 unspecified atom stereocenters. The lowest BCUT2D eigenvalue weighted by Gasteiger charge is -2.46. The van der Waals surface area contributed by atoms with E-state index in [9.17, 15) is 63.1 Å². The van der Waals surface area contributed by atoms with Gasteiger partial charge in [-0.25, -0.2) is 4.18 Å². The van der Waals surface area contributed by atoms with Crippen molar-refractivity contribution in [3.05, 3.63) is 0 Å². The number of carbonyl (C=O) groups excluding carboxylic acids is 3. The van der Waals surface area contributed by atoms with Crippen LogP contribution in [0.25, 0.3) is 0 Å². The summed E-state index contributed by atoms with van der Waals surface area (Å²) in [4.78, 5) is 35.7. The van der Waals surface area contributed by atoms with Gasteiger partial charge in [0.05, 0.1) is 76.6 Å². The molecule has 23 heteroatoms. The average molecular weight is 764 g/mol. The molecule has 0 aromatic heterocycles. The Bertz CT molecular complexity index is 1260. The van der Waals surface area contributed by atoms with Crippen molar-refractivity contribution in [3.8, 4) is 0 Å². The molecule has 0 saturated carbocycles. The van der Waals surface area contributed by atoms with Gasteiger partial charge >= 0.3 is 10.4 Å². The Labute approximate surface area is 293 Å². The Morgan fingerprint density at radius 3 is 1.55 bits per heavy atom. The second kappa shape index (κ2) is 19.2. The molecule has 3 aliphatic rings. The van der Waals surface area contributed by atoms with Crippen LogP contribution in [0.1, 0.15) is 20.8 Å². The van der Waals surface area contributed by atoms with Gasteiger partial charge < -0.3 is 75.4 Å². The SMILES string of the molecule is CC(=O)NC1[C@H](COC[C@H]2C(CO)O[C@@H](COC[C@@H]3C(CO)O[C@@H](O)C(NC(C)=O)[C@H]3O)C(NC(C)=O)[C@H]2OS(=O)(=O)O)OC(CO)[C@@H](O)[C@@H]1O. The normalized spacial score (nSPS) is 38.8. The van der Waals surface area contributed by atoms with Gasteiger partial charge in [0.25, 0.3) is 0 Å². The Morgan fingerprint density at radius 2 is 1.04 bits per heavy atom. The van der Waals surface area contributed by atoms with Crippen LogP contribution in [0, 0.1) is 11.8 Å². The topological polar surface area (TPSA) is 339 Å². The van der Waals surface area contributed by atoms with Gasteiger partial charge in [-0.3, -0.25) is 18.9 Å². The van der Waals surface area contributed by atoms with Gasteiger partial charge in [0.1, 0.15) is 42.7 Å². The molecule has 3 fully saturated rings. The summed E-state index contributed by atoms with van der Waals surface area (Å²) in [7, 11) is -5.23. The minimum Gasteiger partial charge on any atom is -0.394 e. The quantitative estimate of drug-likeness (QED) is 0.0651. The van der Waals surface area contributed by atoms with Crippen molar-refractivity contribution in [3.63, 3.8) is 0 Å². The summed E-state index contributed by atoms with van der Waals surface area (Å²) in [6, 6.07) is -3.88. The standard InChI is InChI=1S/C28H49N3O19S/c1-11(35)29-21-19(48-18(6-34)25(39)26(21)40)9-46-8-15-17(5-33)47-20(22(30-12(2)36)27(15)50-51(42,43)44)10-45-7-14-16(4-32)49-28(41)23(24(14)38)31-13(3)37/h14-28,32-34,38-41H,4-10H2,1-3H3,(H,29,35)(H,30,36)(H,31,37)(H,42,43,44)/t14-,15+,16?,17?,18?,19+,20+,21?,22?,23?,24+,25-,26-,27+,28-/m1/s1. The summed E-state index contributed by atoms with van der Waals surface area (Å²) < 4.78 is 67.2. The van der Waals surface area contributed by atoms with Gasteiger partial charge in [-0.05, 0) is 0 Å². The van der Waals surface area contributed by atoms with E-state index < -0.39 is 159 Å². The maximum atomic E-state index is 12.3. The minimum absolute atomic E-state index is 0.381. The van der Waals surface area contributed by atoms with E-state index in [1.807, 2.05) is 0 Å². The number of ether oxygens (including phenoxy) is 5. The number of aliphatic hydroxyl groups excluding tert-OH is 7. The number of nitrogens with one attached hydrogen (secondary N) is 3. The molecule has 11 N–H and O–H groups in total. The zero-order chi connectivity index (χ0) is 38.2. The van der Waals surface area contributed by atoms with Crippen LogP contribution < -0.4 is 16.0 Å². The zero-order valence-corrected chi connectivity index (χ0v) is 28.9. The molecule has 0 spiro atoms. The zero-order valence-electron chi connectivity index (χ0n) is 28.1. The first-order chi connectivity index (χ1) is 23.9. The van der Waals surface area contributed by atoms with E-state index in [2.05, 4.69) is 16.0 Å². The van der Waals surface area contributed by atoms with Crippen molar-refractivity contribution >= 4 is 28.1 Å². The molecule has 296 valence electrons. The van der Waals surface area contributed by atoms with Gasteiger partial charge in [0, 0.05) is 32.6 Å². The number of aliphatic hydroxyl groups is 7. The summed E-state index contributed by atoms with van der Waals surface area (Å²) in [5.41, 5.74) is 0.